The van der Waals surface area contributed by atoms with E-state index in [1.54, 1.807) is 31.2 Å². The molecule has 0 aliphatic carbocycles. The predicted octanol–water partition coefficient (Wildman–Crippen LogP) is 3.57. The Bertz CT molecular complexity index is 1170. The number of aliphatic hydroxyl groups is 1. The molecule has 2 heterocycles. The molecule has 29 heavy (non-hydrogen) atoms. The summed E-state index contributed by atoms with van der Waals surface area (Å²) in [7, 11) is 0. The SMILES string of the molecule is CC(c1ccc2cc(O)ccc2n1)C(O)(Cc1ncn[nH]1)c1ccc(F)cc1F. The van der Waals surface area contributed by atoms with Crippen molar-refractivity contribution in [2.45, 2.75) is 24.9 Å². The molecule has 148 valence electrons. The van der Waals surface area contributed by atoms with Gasteiger partial charge in [-0.25, -0.2) is 13.8 Å². The van der Waals surface area contributed by atoms with Gasteiger partial charge < -0.3 is 10.2 Å². The number of H-pyrrole nitrogens is 1. The molecule has 0 saturated heterocycles. The highest BCUT2D eigenvalue weighted by Crippen LogP contribution is 2.40. The van der Waals surface area contributed by atoms with Gasteiger partial charge in [-0.2, -0.15) is 5.10 Å². The smallest absolute Gasteiger partial charge is 0.137 e. The van der Waals surface area contributed by atoms with Crippen LogP contribution in [-0.2, 0) is 12.0 Å². The molecule has 3 N–H and O–H groups in total. The third-order valence-corrected chi connectivity index (χ3v) is 5.15. The zero-order valence-corrected chi connectivity index (χ0v) is 15.5. The second-order valence-electron chi connectivity index (χ2n) is 6.99. The fourth-order valence-electron chi connectivity index (χ4n) is 3.51. The Morgan fingerprint density at radius 2 is 1.93 bits per heavy atom. The second kappa shape index (κ2) is 7.21. The molecule has 6 nitrogen and oxygen atoms in total. The van der Waals surface area contributed by atoms with E-state index in [4.69, 9.17) is 0 Å². The zero-order valence-electron chi connectivity index (χ0n) is 15.5. The summed E-state index contributed by atoms with van der Waals surface area (Å²) in [6.45, 7) is 1.72. The van der Waals surface area contributed by atoms with E-state index in [9.17, 15) is 19.0 Å². The van der Waals surface area contributed by atoms with Gasteiger partial charge in [-0.15, -0.1) is 0 Å². The first kappa shape index (κ1) is 18.9. The maximum atomic E-state index is 14.7. The average molecular weight is 396 g/mol. The van der Waals surface area contributed by atoms with Crippen molar-refractivity contribution in [2.24, 2.45) is 0 Å². The molecule has 8 heteroatoms. The third-order valence-electron chi connectivity index (χ3n) is 5.15. The topological polar surface area (TPSA) is 94.9 Å². The van der Waals surface area contributed by atoms with Crippen LogP contribution in [0, 0.1) is 11.6 Å². The van der Waals surface area contributed by atoms with Gasteiger partial charge in [0, 0.05) is 35.0 Å². The number of aromatic hydroxyl groups is 1. The van der Waals surface area contributed by atoms with Crippen molar-refractivity contribution in [3.63, 3.8) is 0 Å². The van der Waals surface area contributed by atoms with Crippen LogP contribution in [0.25, 0.3) is 10.9 Å². The molecule has 2 atom stereocenters. The average Bonchev–Trinajstić information content (AvgIpc) is 3.19. The lowest BCUT2D eigenvalue weighted by Gasteiger charge is -2.34. The van der Waals surface area contributed by atoms with Crippen LogP contribution in [-0.4, -0.2) is 30.4 Å². The normalized spacial score (nSPS) is 14.6. The quantitative estimate of drug-likeness (QED) is 0.479. The molecule has 0 aliphatic heterocycles. The molecule has 4 aromatic rings. The number of halogens is 2. The fraction of sp³-hybridized carbons (Fsp3) is 0.190. The lowest BCUT2D eigenvalue weighted by atomic mass is 9.77. The van der Waals surface area contributed by atoms with E-state index < -0.39 is 23.2 Å². The minimum atomic E-state index is -1.77. The van der Waals surface area contributed by atoms with E-state index in [1.807, 2.05) is 0 Å². The van der Waals surface area contributed by atoms with Gasteiger partial charge >= 0.3 is 0 Å². The van der Waals surface area contributed by atoms with Crippen LogP contribution in [0.1, 0.15) is 29.9 Å². The van der Waals surface area contributed by atoms with E-state index in [1.165, 1.54) is 18.5 Å². The van der Waals surface area contributed by atoms with E-state index >= 15 is 0 Å². The predicted molar refractivity (Wildman–Crippen MR) is 102 cm³/mol. The Morgan fingerprint density at radius 3 is 2.66 bits per heavy atom. The molecule has 0 fully saturated rings. The highest BCUT2D eigenvalue weighted by molar-refractivity contribution is 5.80. The number of nitrogens with one attached hydrogen (secondary N) is 1. The van der Waals surface area contributed by atoms with Crippen LogP contribution in [0.2, 0.25) is 0 Å². The van der Waals surface area contributed by atoms with E-state index in [0.29, 0.717) is 17.0 Å². The summed E-state index contributed by atoms with van der Waals surface area (Å²) in [5.74, 6) is -1.79. The first-order valence-corrected chi connectivity index (χ1v) is 8.98. The van der Waals surface area contributed by atoms with E-state index in [0.717, 1.165) is 17.5 Å². The van der Waals surface area contributed by atoms with Crippen LogP contribution < -0.4 is 0 Å². The van der Waals surface area contributed by atoms with Gasteiger partial charge in [-0.1, -0.05) is 19.1 Å². The minimum Gasteiger partial charge on any atom is -0.508 e. The number of nitrogens with zero attached hydrogens (tertiary/aromatic N) is 3. The van der Waals surface area contributed by atoms with Crippen LogP contribution in [0.4, 0.5) is 8.78 Å². The molecule has 2 unspecified atom stereocenters. The molecule has 0 spiro atoms. The second-order valence-corrected chi connectivity index (χ2v) is 6.99. The number of phenolic OH excluding ortho intramolecular Hbond substituents is 1. The van der Waals surface area contributed by atoms with Gasteiger partial charge in [0.1, 0.15) is 35.1 Å². The lowest BCUT2D eigenvalue weighted by molar-refractivity contribution is 0.00630. The van der Waals surface area contributed by atoms with E-state index in [2.05, 4.69) is 20.2 Å². The van der Waals surface area contributed by atoms with Crippen molar-refractivity contribution in [1.82, 2.24) is 20.2 Å². The highest BCUT2D eigenvalue weighted by Gasteiger charge is 2.40. The van der Waals surface area contributed by atoms with Gasteiger partial charge in [-0.3, -0.25) is 10.1 Å². The van der Waals surface area contributed by atoms with Crippen molar-refractivity contribution < 1.29 is 19.0 Å². The first-order chi connectivity index (χ1) is 13.9. The zero-order chi connectivity index (χ0) is 20.6. The monoisotopic (exact) mass is 396 g/mol. The first-order valence-electron chi connectivity index (χ1n) is 8.98. The Balaban J connectivity index is 1.82. The van der Waals surface area contributed by atoms with Crippen LogP contribution in [0.15, 0.2) is 54.9 Å². The molecular weight excluding hydrogens is 378 g/mol. The van der Waals surface area contributed by atoms with Crippen LogP contribution in [0.3, 0.4) is 0 Å². The van der Waals surface area contributed by atoms with Gasteiger partial charge in [-0.05, 0) is 30.3 Å². The summed E-state index contributed by atoms with van der Waals surface area (Å²) in [4.78, 5) is 8.61. The highest BCUT2D eigenvalue weighted by atomic mass is 19.1. The standard InChI is InChI=1S/C21H18F2N4O2/c1-12(18-6-2-13-8-15(28)4-7-19(13)26-18)21(29,10-20-24-11-25-27-20)16-5-3-14(22)9-17(16)23/h2-9,11-12,28-29H,10H2,1H3,(H,24,25,27). The molecule has 0 aliphatic rings. The molecule has 4 rings (SSSR count). The summed E-state index contributed by atoms with van der Waals surface area (Å²) in [5.41, 5.74) is -0.701. The van der Waals surface area contributed by atoms with Crippen molar-refractivity contribution in [1.29, 1.82) is 0 Å². The summed E-state index contributed by atoms with van der Waals surface area (Å²) >= 11 is 0. The van der Waals surface area contributed by atoms with Gasteiger partial charge in [0.2, 0.25) is 0 Å². The number of hydrogen-bond acceptors (Lipinski definition) is 5. The Labute approximate surface area is 164 Å². The minimum absolute atomic E-state index is 0.0598. The summed E-state index contributed by atoms with van der Waals surface area (Å²) in [5, 5.41) is 28.4. The van der Waals surface area contributed by atoms with Crippen LogP contribution >= 0.6 is 0 Å². The van der Waals surface area contributed by atoms with Gasteiger partial charge in [0.05, 0.1) is 5.52 Å². The number of phenols is 1. The summed E-state index contributed by atoms with van der Waals surface area (Å²) in [6, 6.07) is 11.3. The largest absolute Gasteiger partial charge is 0.508 e. The summed E-state index contributed by atoms with van der Waals surface area (Å²) < 4.78 is 28.1. The molecule has 0 amide bonds. The molecular formula is C21H18F2N4O2. The maximum Gasteiger partial charge on any atom is 0.137 e. The van der Waals surface area contributed by atoms with Crippen molar-refractivity contribution in [3.8, 4) is 5.75 Å². The Morgan fingerprint density at radius 1 is 1.10 bits per heavy atom. The molecule has 2 aromatic carbocycles. The fourth-order valence-corrected chi connectivity index (χ4v) is 3.51. The third kappa shape index (κ3) is 3.54. The summed E-state index contributed by atoms with van der Waals surface area (Å²) in [6.07, 6.45) is 1.22. The molecule has 2 aromatic heterocycles. The number of aromatic nitrogens is 4. The molecule has 0 bridgehead atoms. The number of fused-ring (bicyclic) bond motifs is 1. The van der Waals surface area contributed by atoms with Gasteiger partial charge in [0.25, 0.3) is 0 Å². The number of rotatable bonds is 5. The number of hydrogen-bond donors (Lipinski definition) is 3. The number of benzene rings is 2. The molecule has 0 saturated carbocycles. The van der Waals surface area contributed by atoms with Crippen LogP contribution in [0.5, 0.6) is 5.75 Å². The Hall–Kier alpha value is -3.39. The Kier molecular flexibility index (Phi) is 4.71. The lowest BCUT2D eigenvalue weighted by Crippen LogP contribution is -2.36. The number of aromatic amines is 1. The maximum absolute atomic E-state index is 14.7. The van der Waals surface area contributed by atoms with E-state index in [-0.39, 0.29) is 17.7 Å². The van der Waals surface area contributed by atoms with Crippen molar-refractivity contribution >= 4 is 10.9 Å². The molecule has 0 radical (unpaired) electrons. The van der Waals surface area contributed by atoms with Crippen molar-refractivity contribution in [2.75, 3.05) is 0 Å². The van der Waals surface area contributed by atoms with Gasteiger partial charge in [0.15, 0.2) is 0 Å². The number of pyridine rings is 1. The van der Waals surface area contributed by atoms with Crippen molar-refractivity contribution in [3.05, 3.63) is 83.6 Å².